The van der Waals surface area contributed by atoms with Crippen LogP contribution in [0.5, 0.6) is 0 Å². The number of nitrogens with one attached hydrogen (secondary N) is 1. The monoisotopic (exact) mass is 301 g/mol. The lowest BCUT2D eigenvalue weighted by atomic mass is 9.98. The van der Waals surface area contributed by atoms with Crippen LogP contribution in [0.15, 0.2) is 24.3 Å². The first-order valence-corrected chi connectivity index (χ1v) is 7.40. The van der Waals surface area contributed by atoms with E-state index < -0.39 is 6.10 Å². The first-order valence-electron chi connectivity index (χ1n) is 7.40. The van der Waals surface area contributed by atoms with Crippen LogP contribution < -0.4 is 5.32 Å². The molecule has 0 radical (unpaired) electrons. The summed E-state index contributed by atoms with van der Waals surface area (Å²) in [7, 11) is 0. The van der Waals surface area contributed by atoms with E-state index in [9.17, 15) is 9.50 Å². The summed E-state index contributed by atoms with van der Waals surface area (Å²) in [5.74, 6) is -0.282. The first kappa shape index (κ1) is 17.4. The average molecular weight is 302 g/mol. The summed E-state index contributed by atoms with van der Waals surface area (Å²) in [6.07, 6.45) is 6.16. The van der Waals surface area contributed by atoms with Crippen LogP contribution in [0.25, 0.3) is 0 Å². The van der Waals surface area contributed by atoms with E-state index in [2.05, 4.69) is 12.2 Å². The van der Waals surface area contributed by atoms with Gasteiger partial charge in [-0.25, -0.2) is 4.39 Å². The molecule has 2 rings (SSSR count). The average Bonchev–Trinajstić information content (AvgIpc) is 2.64. The molecule has 0 bridgehead atoms. The number of hydrogen-bond acceptors (Lipinski definition) is 2. The minimum Gasteiger partial charge on any atom is -0.387 e. The quantitative estimate of drug-likeness (QED) is 0.881. The molecule has 114 valence electrons. The molecule has 20 heavy (non-hydrogen) atoms. The molecule has 1 aromatic rings. The van der Waals surface area contributed by atoms with E-state index in [0.29, 0.717) is 11.6 Å². The first-order chi connectivity index (χ1) is 9.20. The van der Waals surface area contributed by atoms with Crippen LogP contribution in [-0.4, -0.2) is 17.2 Å². The third kappa shape index (κ3) is 4.72. The van der Waals surface area contributed by atoms with Crippen molar-refractivity contribution in [1.29, 1.82) is 0 Å². The molecule has 1 fully saturated rings. The number of aliphatic hydroxyl groups is 1. The fourth-order valence-electron chi connectivity index (χ4n) is 2.97. The Balaban J connectivity index is 0.00000200. The summed E-state index contributed by atoms with van der Waals surface area (Å²) in [6.45, 7) is 2.19. The Kier molecular flexibility index (Phi) is 7.49. The minimum absolute atomic E-state index is 0. The molecule has 1 heterocycles. The molecule has 1 aromatic carbocycles. The van der Waals surface area contributed by atoms with Crippen LogP contribution in [0.4, 0.5) is 4.39 Å². The van der Waals surface area contributed by atoms with Crippen molar-refractivity contribution < 1.29 is 9.50 Å². The van der Waals surface area contributed by atoms with Gasteiger partial charge in [-0.05, 0) is 37.0 Å². The van der Waals surface area contributed by atoms with Gasteiger partial charge in [0, 0.05) is 12.1 Å². The zero-order chi connectivity index (χ0) is 13.7. The van der Waals surface area contributed by atoms with Gasteiger partial charge in [0.05, 0.1) is 6.10 Å². The van der Waals surface area contributed by atoms with Crippen LogP contribution >= 0.6 is 12.4 Å². The van der Waals surface area contributed by atoms with Crippen LogP contribution in [-0.2, 0) is 0 Å². The van der Waals surface area contributed by atoms with E-state index in [1.807, 2.05) is 0 Å². The van der Waals surface area contributed by atoms with Crippen molar-refractivity contribution in [1.82, 2.24) is 5.32 Å². The van der Waals surface area contributed by atoms with Gasteiger partial charge in [0.1, 0.15) is 5.82 Å². The van der Waals surface area contributed by atoms with Gasteiger partial charge < -0.3 is 10.4 Å². The lowest BCUT2D eigenvalue weighted by Gasteiger charge is -2.27. The highest BCUT2D eigenvalue weighted by molar-refractivity contribution is 5.85. The van der Waals surface area contributed by atoms with Gasteiger partial charge in [-0.2, -0.15) is 0 Å². The molecule has 1 saturated heterocycles. The third-order valence-corrected chi connectivity index (χ3v) is 3.98. The van der Waals surface area contributed by atoms with Gasteiger partial charge in [-0.15, -0.1) is 12.4 Å². The molecule has 1 aliphatic heterocycles. The Morgan fingerprint density at radius 2 is 2.10 bits per heavy atom. The zero-order valence-corrected chi connectivity index (χ0v) is 12.8. The fraction of sp³-hybridized carbons (Fsp3) is 0.625. The second-order valence-electron chi connectivity index (χ2n) is 5.54. The lowest BCUT2D eigenvalue weighted by Crippen LogP contribution is -2.40. The van der Waals surface area contributed by atoms with Crippen molar-refractivity contribution in [3.05, 3.63) is 35.6 Å². The maximum atomic E-state index is 13.2. The highest BCUT2D eigenvalue weighted by Crippen LogP contribution is 2.25. The topological polar surface area (TPSA) is 32.3 Å². The lowest BCUT2D eigenvalue weighted by molar-refractivity contribution is 0.119. The summed E-state index contributed by atoms with van der Waals surface area (Å²) in [4.78, 5) is 0. The van der Waals surface area contributed by atoms with Crippen molar-refractivity contribution >= 4 is 12.4 Å². The molecule has 0 spiro atoms. The van der Waals surface area contributed by atoms with Crippen LogP contribution in [0, 0.1) is 5.82 Å². The van der Waals surface area contributed by atoms with E-state index in [1.165, 1.54) is 25.0 Å². The molecule has 2 N–H and O–H groups in total. The second-order valence-corrected chi connectivity index (χ2v) is 5.54. The van der Waals surface area contributed by atoms with Crippen molar-refractivity contribution in [3.63, 3.8) is 0 Å². The normalized spacial score (nSPS) is 24.6. The third-order valence-electron chi connectivity index (χ3n) is 3.98. The minimum atomic E-state index is -0.617. The smallest absolute Gasteiger partial charge is 0.123 e. The van der Waals surface area contributed by atoms with E-state index in [-0.39, 0.29) is 24.3 Å². The molecule has 3 atom stereocenters. The van der Waals surface area contributed by atoms with Crippen LogP contribution in [0.1, 0.15) is 57.1 Å². The van der Waals surface area contributed by atoms with Crippen molar-refractivity contribution in [2.75, 3.05) is 0 Å². The standard InChI is InChI=1S/C16H24FNO.ClH/c1-2-6-14-9-3-4-10-15(18-14)16(19)12-7-5-8-13(17)11-12;/h5,7-8,11,14-16,18-19H,2-4,6,9-10H2,1H3;1H/t14-,15-,16+;/m1./s1. The second kappa shape index (κ2) is 8.60. The van der Waals surface area contributed by atoms with Crippen molar-refractivity contribution in [2.45, 2.75) is 63.6 Å². The van der Waals surface area contributed by atoms with Crippen LogP contribution in [0.3, 0.4) is 0 Å². The van der Waals surface area contributed by atoms with Crippen LogP contribution in [0.2, 0.25) is 0 Å². The highest BCUT2D eigenvalue weighted by atomic mass is 35.5. The molecule has 2 nitrogen and oxygen atoms in total. The SMILES string of the molecule is CCC[C@@H]1CCCC[C@H]([C@@H](O)c2cccc(F)c2)N1.Cl. The number of aliphatic hydroxyl groups excluding tert-OH is 1. The summed E-state index contributed by atoms with van der Waals surface area (Å²) in [5.41, 5.74) is 0.676. The Bertz CT molecular complexity index is 402. The van der Waals surface area contributed by atoms with Gasteiger partial charge in [-0.1, -0.05) is 38.3 Å². The van der Waals surface area contributed by atoms with E-state index >= 15 is 0 Å². The Morgan fingerprint density at radius 3 is 2.80 bits per heavy atom. The molecule has 0 aromatic heterocycles. The summed E-state index contributed by atoms with van der Waals surface area (Å²) >= 11 is 0. The summed E-state index contributed by atoms with van der Waals surface area (Å²) in [5, 5.41) is 14.0. The van der Waals surface area contributed by atoms with Gasteiger partial charge in [-0.3, -0.25) is 0 Å². The molecule has 0 amide bonds. The predicted octanol–water partition coefficient (Wildman–Crippen LogP) is 3.98. The van der Waals surface area contributed by atoms with E-state index in [1.54, 1.807) is 12.1 Å². The summed E-state index contributed by atoms with van der Waals surface area (Å²) in [6, 6.07) is 6.84. The molecular formula is C16H25ClFNO. The van der Waals surface area contributed by atoms with Gasteiger partial charge >= 0.3 is 0 Å². The highest BCUT2D eigenvalue weighted by Gasteiger charge is 2.25. The van der Waals surface area contributed by atoms with Gasteiger partial charge in [0.15, 0.2) is 0 Å². The predicted molar refractivity (Wildman–Crippen MR) is 82.7 cm³/mol. The largest absolute Gasteiger partial charge is 0.387 e. The molecular weight excluding hydrogens is 277 g/mol. The molecule has 1 aliphatic rings. The Morgan fingerprint density at radius 1 is 1.35 bits per heavy atom. The number of halogens is 2. The van der Waals surface area contributed by atoms with E-state index in [4.69, 9.17) is 0 Å². The summed E-state index contributed by atoms with van der Waals surface area (Å²) < 4.78 is 13.2. The van der Waals surface area contributed by atoms with Gasteiger partial charge in [0.2, 0.25) is 0 Å². The Hall–Kier alpha value is -0.640. The van der Waals surface area contributed by atoms with Gasteiger partial charge in [0.25, 0.3) is 0 Å². The van der Waals surface area contributed by atoms with Crippen molar-refractivity contribution in [2.24, 2.45) is 0 Å². The fourth-order valence-corrected chi connectivity index (χ4v) is 2.97. The number of rotatable bonds is 4. The maximum absolute atomic E-state index is 13.2. The van der Waals surface area contributed by atoms with E-state index in [0.717, 1.165) is 25.7 Å². The molecule has 4 heteroatoms. The molecule has 0 saturated carbocycles. The molecule has 0 aliphatic carbocycles. The Labute approximate surface area is 127 Å². The number of benzene rings is 1. The number of hydrogen-bond donors (Lipinski definition) is 2. The molecule has 0 unspecified atom stereocenters. The zero-order valence-electron chi connectivity index (χ0n) is 12.0. The maximum Gasteiger partial charge on any atom is 0.123 e. The van der Waals surface area contributed by atoms with Crippen molar-refractivity contribution in [3.8, 4) is 0 Å².